The zero-order valence-electron chi connectivity index (χ0n) is 11.4. The van der Waals surface area contributed by atoms with Gasteiger partial charge in [-0.25, -0.2) is 4.39 Å². The van der Waals surface area contributed by atoms with Gasteiger partial charge in [0.2, 0.25) is 0 Å². The van der Waals surface area contributed by atoms with Crippen molar-refractivity contribution in [3.05, 3.63) is 64.4 Å². The van der Waals surface area contributed by atoms with E-state index < -0.39 is 0 Å². The Morgan fingerprint density at radius 1 is 1.25 bits per heavy atom. The van der Waals surface area contributed by atoms with Crippen LogP contribution >= 0.6 is 27.5 Å². The van der Waals surface area contributed by atoms with Gasteiger partial charge in [-0.1, -0.05) is 51.8 Å². The molecule has 0 aliphatic heterocycles. The van der Waals surface area contributed by atoms with E-state index in [0.29, 0.717) is 16.0 Å². The molecule has 0 aromatic heterocycles. The highest BCUT2D eigenvalue weighted by Crippen LogP contribution is 2.31. The molecule has 1 unspecified atom stereocenters. The van der Waals surface area contributed by atoms with E-state index in [4.69, 9.17) is 11.6 Å². The first-order valence-corrected chi connectivity index (χ1v) is 7.86. The Morgan fingerprint density at radius 3 is 2.55 bits per heavy atom. The molecule has 0 aliphatic carbocycles. The van der Waals surface area contributed by atoms with E-state index >= 15 is 0 Å². The van der Waals surface area contributed by atoms with Gasteiger partial charge in [0.25, 0.3) is 0 Å². The minimum Gasteiger partial charge on any atom is -0.365 e. The SMILES string of the molecule is CC(c1ccccc1Cl)N(C)c1ccc(CBr)cc1F. The number of hydrogen-bond acceptors (Lipinski definition) is 1. The van der Waals surface area contributed by atoms with Crippen LogP contribution in [-0.2, 0) is 5.33 Å². The predicted octanol–water partition coefficient (Wildman–Crippen LogP) is 5.57. The van der Waals surface area contributed by atoms with E-state index in [-0.39, 0.29) is 11.9 Å². The van der Waals surface area contributed by atoms with Gasteiger partial charge in [0, 0.05) is 17.4 Å². The molecule has 0 heterocycles. The van der Waals surface area contributed by atoms with Gasteiger partial charge in [0.05, 0.1) is 11.7 Å². The highest BCUT2D eigenvalue weighted by Gasteiger charge is 2.17. The summed E-state index contributed by atoms with van der Waals surface area (Å²) in [6, 6.07) is 12.9. The molecule has 2 rings (SSSR count). The standard InChI is InChI=1S/C16H16BrClFN/c1-11(13-5-3-4-6-14(13)18)20(2)16-8-7-12(10-17)9-15(16)19/h3-9,11H,10H2,1-2H3. The summed E-state index contributed by atoms with van der Waals surface area (Å²) in [6.07, 6.45) is 0. The average molecular weight is 357 g/mol. The molecular formula is C16H16BrClFN. The normalized spacial score (nSPS) is 12.2. The lowest BCUT2D eigenvalue weighted by molar-refractivity contribution is 0.610. The Hall–Kier alpha value is -1.06. The minimum absolute atomic E-state index is 0.00646. The maximum absolute atomic E-state index is 14.2. The zero-order chi connectivity index (χ0) is 14.7. The Kier molecular flexibility index (Phi) is 5.06. The first-order valence-electron chi connectivity index (χ1n) is 6.36. The number of hydrogen-bond donors (Lipinski definition) is 0. The lowest BCUT2D eigenvalue weighted by Gasteiger charge is -2.28. The van der Waals surface area contributed by atoms with Crippen LogP contribution in [0.1, 0.15) is 24.1 Å². The van der Waals surface area contributed by atoms with Crippen LogP contribution in [0.25, 0.3) is 0 Å². The lowest BCUT2D eigenvalue weighted by Crippen LogP contribution is -2.23. The molecule has 0 aliphatic rings. The van der Waals surface area contributed by atoms with E-state index in [9.17, 15) is 4.39 Å². The number of benzene rings is 2. The van der Waals surface area contributed by atoms with Gasteiger partial charge in [-0.15, -0.1) is 0 Å². The number of halogens is 3. The highest BCUT2D eigenvalue weighted by atomic mass is 79.9. The van der Waals surface area contributed by atoms with E-state index in [2.05, 4.69) is 15.9 Å². The summed E-state index contributed by atoms with van der Waals surface area (Å²) < 4.78 is 14.2. The Morgan fingerprint density at radius 2 is 1.95 bits per heavy atom. The van der Waals surface area contributed by atoms with Crippen molar-refractivity contribution in [2.75, 3.05) is 11.9 Å². The highest BCUT2D eigenvalue weighted by molar-refractivity contribution is 9.08. The van der Waals surface area contributed by atoms with Crippen LogP contribution in [0.4, 0.5) is 10.1 Å². The minimum atomic E-state index is -0.219. The number of nitrogens with zero attached hydrogens (tertiary/aromatic N) is 1. The van der Waals surface area contributed by atoms with Gasteiger partial charge in [-0.3, -0.25) is 0 Å². The fourth-order valence-electron chi connectivity index (χ4n) is 2.15. The first-order chi connectivity index (χ1) is 9.54. The van der Waals surface area contributed by atoms with Crippen LogP contribution in [0.15, 0.2) is 42.5 Å². The average Bonchev–Trinajstić information content (AvgIpc) is 2.46. The maximum Gasteiger partial charge on any atom is 0.146 e. The molecule has 0 N–H and O–H groups in total. The summed E-state index contributed by atoms with van der Waals surface area (Å²) in [5.74, 6) is -0.219. The lowest BCUT2D eigenvalue weighted by atomic mass is 10.1. The van der Waals surface area contributed by atoms with Crippen LogP contribution in [0.3, 0.4) is 0 Å². The van der Waals surface area contributed by atoms with Crippen LogP contribution in [0.5, 0.6) is 0 Å². The van der Waals surface area contributed by atoms with Gasteiger partial charge in [-0.05, 0) is 36.2 Å². The molecule has 4 heteroatoms. The quantitative estimate of drug-likeness (QED) is 0.647. The molecule has 0 saturated heterocycles. The molecule has 0 fully saturated rings. The first kappa shape index (κ1) is 15.3. The van der Waals surface area contributed by atoms with Crippen molar-refractivity contribution in [3.8, 4) is 0 Å². The summed E-state index contributed by atoms with van der Waals surface area (Å²) in [6.45, 7) is 2.01. The van der Waals surface area contributed by atoms with Gasteiger partial charge in [-0.2, -0.15) is 0 Å². The van der Waals surface area contributed by atoms with Gasteiger partial charge < -0.3 is 4.90 Å². The second-order valence-electron chi connectivity index (χ2n) is 4.73. The summed E-state index contributed by atoms with van der Waals surface area (Å²) in [5.41, 5.74) is 2.48. The smallest absolute Gasteiger partial charge is 0.146 e. The van der Waals surface area contributed by atoms with Crippen LogP contribution < -0.4 is 4.90 Å². The van der Waals surface area contributed by atoms with Gasteiger partial charge in [0.1, 0.15) is 5.82 Å². The van der Waals surface area contributed by atoms with Gasteiger partial charge >= 0.3 is 0 Å². The van der Waals surface area contributed by atoms with Gasteiger partial charge in [0.15, 0.2) is 0 Å². The summed E-state index contributed by atoms with van der Waals surface area (Å²) in [4.78, 5) is 1.90. The summed E-state index contributed by atoms with van der Waals surface area (Å²) in [7, 11) is 1.88. The fourth-order valence-corrected chi connectivity index (χ4v) is 2.79. The molecular weight excluding hydrogens is 341 g/mol. The van der Waals surface area contributed by atoms with Crippen molar-refractivity contribution in [2.45, 2.75) is 18.3 Å². The Balaban J connectivity index is 2.31. The summed E-state index contributed by atoms with van der Waals surface area (Å²) >= 11 is 9.54. The maximum atomic E-state index is 14.2. The van der Waals surface area contributed by atoms with Crippen molar-refractivity contribution < 1.29 is 4.39 Å². The van der Waals surface area contributed by atoms with E-state index in [1.807, 2.05) is 49.2 Å². The molecule has 0 saturated carbocycles. The van der Waals surface area contributed by atoms with Crippen molar-refractivity contribution >= 4 is 33.2 Å². The largest absolute Gasteiger partial charge is 0.365 e. The second-order valence-corrected chi connectivity index (χ2v) is 5.70. The molecule has 0 amide bonds. The van der Waals surface area contributed by atoms with Crippen molar-refractivity contribution in [2.24, 2.45) is 0 Å². The summed E-state index contributed by atoms with van der Waals surface area (Å²) in [5, 5.41) is 1.35. The van der Waals surface area contributed by atoms with E-state index in [0.717, 1.165) is 11.1 Å². The van der Waals surface area contributed by atoms with Crippen LogP contribution in [0.2, 0.25) is 5.02 Å². The molecule has 106 valence electrons. The third kappa shape index (κ3) is 3.15. The van der Waals surface area contributed by atoms with Crippen molar-refractivity contribution in [1.29, 1.82) is 0 Å². The third-order valence-corrected chi connectivity index (χ3v) is 4.47. The number of anilines is 1. The Bertz CT molecular complexity index is 603. The zero-order valence-corrected chi connectivity index (χ0v) is 13.7. The molecule has 0 radical (unpaired) electrons. The second kappa shape index (κ2) is 6.59. The molecule has 2 aromatic carbocycles. The predicted molar refractivity (Wildman–Crippen MR) is 87.3 cm³/mol. The molecule has 1 atom stereocenters. The van der Waals surface area contributed by atoms with Crippen LogP contribution in [-0.4, -0.2) is 7.05 Å². The number of alkyl halides is 1. The van der Waals surface area contributed by atoms with Crippen LogP contribution in [0, 0.1) is 5.82 Å². The monoisotopic (exact) mass is 355 g/mol. The third-order valence-electron chi connectivity index (χ3n) is 3.48. The fraction of sp³-hybridized carbons (Fsp3) is 0.250. The molecule has 20 heavy (non-hydrogen) atoms. The Labute approximate surface area is 132 Å². The van der Waals surface area contributed by atoms with Crippen molar-refractivity contribution in [3.63, 3.8) is 0 Å². The number of rotatable bonds is 4. The van der Waals surface area contributed by atoms with Crippen molar-refractivity contribution in [1.82, 2.24) is 0 Å². The molecule has 0 spiro atoms. The molecule has 0 bridgehead atoms. The van der Waals surface area contributed by atoms with E-state index in [1.165, 1.54) is 0 Å². The topological polar surface area (TPSA) is 3.24 Å². The molecule has 2 aromatic rings. The van der Waals surface area contributed by atoms with E-state index in [1.54, 1.807) is 12.1 Å². The molecule has 1 nitrogen and oxygen atoms in total.